The fraction of sp³-hybridized carbons (Fsp3) is 0.556. The van der Waals surface area contributed by atoms with E-state index in [1.165, 1.54) is 4.57 Å². The number of fused-ring (bicyclic) bond motifs is 1. The molecule has 130 valence electrons. The second-order valence-corrected chi connectivity index (χ2v) is 7.36. The first-order chi connectivity index (χ1) is 11.3. The second kappa shape index (κ2) is 6.00. The highest BCUT2D eigenvalue weighted by Crippen LogP contribution is 2.33. The van der Waals surface area contributed by atoms with Crippen LogP contribution >= 0.6 is 0 Å². The van der Waals surface area contributed by atoms with Crippen LogP contribution in [0.15, 0.2) is 27.4 Å². The largest absolute Gasteiger partial charge is 0.444 e. The van der Waals surface area contributed by atoms with Crippen LogP contribution in [-0.2, 0) is 11.8 Å². The molecular weight excluding hydrogens is 308 g/mol. The number of aryl methyl sites for hydroxylation is 1. The quantitative estimate of drug-likeness (QED) is 0.804. The number of hydrogen-bond donors (Lipinski definition) is 0. The lowest BCUT2D eigenvalue weighted by atomic mass is 9.89. The van der Waals surface area contributed by atoms with Gasteiger partial charge in [0, 0.05) is 25.7 Å². The lowest BCUT2D eigenvalue weighted by Crippen LogP contribution is -2.41. The number of carbonyl (C=O) groups is 1. The highest BCUT2D eigenvalue weighted by Gasteiger charge is 2.29. The summed E-state index contributed by atoms with van der Waals surface area (Å²) in [7, 11) is 1.71. The van der Waals surface area contributed by atoms with Crippen LogP contribution in [0.25, 0.3) is 11.1 Å². The van der Waals surface area contributed by atoms with E-state index in [0.717, 1.165) is 23.9 Å². The maximum absolute atomic E-state index is 12.2. The van der Waals surface area contributed by atoms with E-state index in [1.54, 1.807) is 11.9 Å². The van der Waals surface area contributed by atoms with Crippen LogP contribution in [0.4, 0.5) is 4.79 Å². The van der Waals surface area contributed by atoms with Crippen LogP contribution in [-0.4, -0.2) is 34.3 Å². The van der Waals surface area contributed by atoms with Gasteiger partial charge in [0.2, 0.25) is 0 Å². The maximum Gasteiger partial charge on any atom is 0.419 e. The summed E-state index contributed by atoms with van der Waals surface area (Å²) in [6.45, 7) is 6.90. The highest BCUT2D eigenvalue weighted by molar-refractivity contribution is 5.77. The summed E-state index contributed by atoms with van der Waals surface area (Å²) in [6.07, 6.45) is 1.40. The SMILES string of the molecule is Cn1c(=O)oc2c(C3CCN(C(=O)OC(C)(C)C)CC3)cccc21. The molecule has 0 bridgehead atoms. The Balaban J connectivity index is 1.75. The Bertz CT molecular complexity index is 805. The minimum atomic E-state index is -0.479. The lowest BCUT2D eigenvalue weighted by Gasteiger charge is -2.33. The third-order valence-corrected chi connectivity index (χ3v) is 4.44. The van der Waals surface area contributed by atoms with Crippen molar-refractivity contribution < 1.29 is 13.9 Å². The molecule has 0 aliphatic carbocycles. The minimum absolute atomic E-state index is 0.259. The topological polar surface area (TPSA) is 64.7 Å². The Morgan fingerprint density at radius 2 is 1.92 bits per heavy atom. The molecule has 3 rings (SSSR count). The average Bonchev–Trinajstić information content (AvgIpc) is 2.81. The van der Waals surface area contributed by atoms with Crippen molar-refractivity contribution in [1.82, 2.24) is 9.47 Å². The molecule has 2 aromatic rings. The van der Waals surface area contributed by atoms with Crippen molar-refractivity contribution in [3.05, 3.63) is 34.3 Å². The number of carbonyl (C=O) groups excluding carboxylic acids is 1. The monoisotopic (exact) mass is 332 g/mol. The summed E-state index contributed by atoms with van der Waals surface area (Å²) in [5.74, 6) is -0.0680. The molecule has 0 atom stereocenters. The van der Waals surface area contributed by atoms with Crippen LogP contribution in [0.3, 0.4) is 0 Å². The van der Waals surface area contributed by atoms with Crippen molar-refractivity contribution in [2.24, 2.45) is 7.05 Å². The number of hydrogen-bond acceptors (Lipinski definition) is 4. The predicted molar refractivity (Wildman–Crippen MR) is 91.2 cm³/mol. The first kappa shape index (κ1) is 16.6. The van der Waals surface area contributed by atoms with Gasteiger partial charge in [-0.2, -0.15) is 0 Å². The summed E-state index contributed by atoms with van der Waals surface area (Å²) in [5, 5.41) is 0. The molecule has 1 aromatic carbocycles. The number of amides is 1. The molecule has 2 heterocycles. The van der Waals surface area contributed by atoms with Gasteiger partial charge < -0.3 is 14.1 Å². The van der Waals surface area contributed by atoms with Gasteiger partial charge in [-0.15, -0.1) is 0 Å². The number of piperidine rings is 1. The molecule has 0 radical (unpaired) electrons. The van der Waals surface area contributed by atoms with Crippen molar-refractivity contribution in [2.45, 2.75) is 45.1 Å². The number of nitrogens with zero attached hydrogens (tertiary/aromatic N) is 2. The zero-order chi connectivity index (χ0) is 17.5. The molecule has 24 heavy (non-hydrogen) atoms. The van der Waals surface area contributed by atoms with E-state index >= 15 is 0 Å². The normalized spacial score (nSPS) is 16.6. The third kappa shape index (κ3) is 3.18. The van der Waals surface area contributed by atoms with Crippen molar-refractivity contribution in [1.29, 1.82) is 0 Å². The fourth-order valence-electron chi connectivity index (χ4n) is 3.19. The van der Waals surface area contributed by atoms with Gasteiger partial charge in [-0.05, 0) is 45.6 Å². The highest BCUT2D eigenvalue weighted by atomic mass is 16.6. The van der Waals surface area contributed by atoms with Gasteiger partial charge in [-0.25, -0.2) is 9.59 Å². The van der Waals surface area contributed by atoms with Crippen molar-refractivity contribution in [3.8, 4) is 0 Å². The third-order valence-electron chi connectivity index (χ3n) is 4.44. The summed E-state index contributed by atoms with van der Waals surface area (Å²) < 4.78 is 12.4. The Hall–Kier alpha value is -2.24. The first-order valence-corrected chi connectivity index (χ1v) is 8.32. The zero-order valence-corrected chi connectivity index (χ0v) is 14.7. The molecule has 1 aliphatic rings. The maximum atomic E-state index is 12.2. The van der Waals surface area contributed by atoms with Crippen molar-refractivity contribution in [2.75, 3.05) is 13.1 Å². The molecule has 0 spiro atoms. The Labute approximate surface area is 141 Å². The van der Waals surface area contributed by atoms with Gasteiger partial charge in [0.15, 0.2) is 5.58 Å². The van der Waals surface area contributed by atoms with Crippen LogP contribution in [0, 0.1) is 0 Å². The number of para-hydroxylation sites is 1. The molecular formula is C18H24N2O4. The predicted octanol–water partition coefficient (Wildman–Crippen LogP) is 3.25. The van der Waals surface area contributed by atoms with Gasteiger partial charge in [0.1, 0.15) is 5.60 Å². The Kier molecular flexibility index (Phi) is 4.15. The molecule has 1 fully saturated rings. The molecule has 1 aromatic heterocycles. The number of rotatable bonds is 1. The second-order valence-electron chi connectivity index (χ2n) is 7.36. The first-order valence-electron chi connectivity index (χ1n) is 8.32. The lowest BCUT2D eigenvalue weighted by molar-refractivity contribution is 0.0205. The van der Waals surface area contributed by atoms with Crippen LogP contribution in [0.1, 0.15) is 45.1 Å². The molecule has 1 saturated heterocycles. The average molecular weight is 332 g/mol. The van der Waals surface area contributed by atoms with E-state index in [2.05, 4.69) is 0 Å². The summed E-state index contributed by atoms with van der Waals surface area (Å²) in [6, 6.07) is 5.85. The molecule has 6 nitrogen and oxygen atoms in total. The summed E-state index contributed by atoms with van der Waals surface area (Å²) >= 11 is 0. The number of oxazole rings is 1. The number of likely N-dealkylation sites (tertiary alicyclic amines) is 1. The molecule has 0 unspecified atom stereocenters. The van der Waals surface area contributed by atoms with Gasteiger partial charge in [-0.1, -0.05) is 12.1 Å². The standard InChI is InChI=1S/C18H24N2O4/c1-18(2,3)24-17(22)20-10-8-12(9-11-20)13-6-5-7-14-15(13)23-16(21)19(14)4/h5-7,12H,8-11H2,1-4H3. The zero-order valence-electron chi connectivity index (χ0n) is 14.7. The smallest absolute Gasteiger partial charge is 0.419 e. The molecule has 6 heteroatoms. The van der Waals surface area contributed by atoms with Crippen LogP contribution in [0.5, 0.6) is 0 Å². The van der Waals surface area contributed by atoms with E-state index in [4.69, 9.17) is 9.15 Å². The van der Waals surface area contributed by atoms with Crippen molar-refractivity contribution >= 4 is 17.2 Å². The van der Waals surface area contributed by atoms with Crippen LogP contribution in [0.2, 0.25) is 0 Å². The van der Waals surface area contributed by atoms with E-state index in [0.29, 0.717) is 18.7 Å². The molecule has 1 amide bonds. The van der Waals surface area contributed by atoms with E-state index in [-0.39, 0.29) is 17.8 Å². The fourth-order valence-corrected chi connectivity index (χ4v) is 3.19. The molecule has 1 aliphatic heterocycles. The number of ether oxygens (including phenoxy) is 1. The molecule has 0 N–H and O–H groups in total. The summed E-state index contributed by atoms with van der Waals surface area (Å²) in [5.41, 5.74) is 2.05. The summed E-state index contributed by atoms with van der Waals surface area (Å²) in [4.78, 5) is 25.7. The van der Waals surface area contributed by atoms with Crippen LogP contribution < -0.4 is 5.76 Å². The number of aromatic nitrogens is 1. The molecule has 0 saturated carbocycles. The van der Waals surface area contributed by atoms with E-state index in [1.807, 2.05) is 39.0 Å². The van der Waals surface area contributed by atoms with E-state index < -0.39 is 5.60 Å². The van der Waals surface area contributed by atoms with Gasteiger partial charge in [0.05, 0.1) is 5.52 Å². The Morgan fingerprint density at radius 1 is 1.25 bits per heavy atom. The van der Waals surface area contributed by atoms with Crippen molar-refractivity contribution in [3.63, 3.8) is 0 Å². The van der Waals surface area contributed by atoms with Gasteiger partial charge in [0.25, 0.3) is 0 Å². The number of benzene rings is 1. The van der Waals surface area contributed by atoms with E-state index in [9.17, 15) is 9.59 Å². The van der Waals surface area contributed by atoms with Gasteiger partial charge in [-0.3, -0.25) is 4.57 Å². The minimum Gasteiger partial charge on any atom is -0.444 e. The van der Waals surface area contributed by atoms with Gasteiger partial charge >= 0.3 is 11.8 Å². The Morgan fingerprint density at radius 3 is 2.54 bits per heavy atom.